The Labute approximate surface area is 143 Å². The lowest BCUT2D eigenvalue weighted by Gasteiger charge is -2.13. The van der Waals surface area contributed by atoms with Gasteiger partial charge < -0.3 is 9.72 Å². The Kier molecular flexibility index (Phi) is 4.26. The number of halogens is 1. The van der Waals surface area contributed by atoms with Gasteiger partial charge in [-0.05, 0) is 60.5 Å². The van der Waals surface area contributed by atoms with Crippen molar-refractivity contribution >= 4 is 26.8 Å². The normalized spacial score (nSPS) is 11.0. The van der Waals surface area contributed by atoms with E-state index in [0.29, 0.717) is 11.1 Å². The Morgan fingerprint density at radius 3 is 2.48 bits per heavy atom. The molecule has 1 heterocycles. The minimum atomic E-state index is 0.0747. The van der Waals surface area contributed by atoms with Gasteiger partial charge in [-0.2, -0.15) is 0 Å². The first kappa shape index (κ1) is 15.8. The van der Waals surface area contributed by atoms with Gasteiger partial charge in [-0.3, -0.25) is 4.79 Å². The van der Waals surface area contributed by atoms with Crippen molar-refractivity contribution in [2.45, 2.75) is 27.2 Å². The van der Waals surface area contributed by atoms with E-state index >= 15 is 0 Å². The molecule has 118 valence electrons. The summed E-state index contributed by atoms with van der Waals surface area (Å²) in [5.74, 6) is 1.42. The number of nitrogens with one attached hydrogen (secondary N) is 1. The van der Waals surface area contributed by atoms with Gasteiger partial charge in [-0.15, -0.1) is 0 Å². The molecule has 0 spiro atoms. The van der Waals surface area contributed by atoms with Gasteiger partial charge in [-0.25, -0.2) is 0 Å². The van der Waals surface area contributed by atoms with Crippen molar-refractivity contribution < 1.29 is 4.74 Å². The lowest BCUT2D eigenvalue weighted by Crippen LogP contribution is -2.12. The second kappa shape index (κ2) is 6.20. The van der Waals surface area contributed by atoms with Gasteiger partial charge in [0.15, 0.2) is 5.43 Å². The third-order valence-corrected chi connectivity index (χ3v) is 4.79. The number of H-pyrrole nitrogens is 1. The fourth-order valence-corrected chi connectivity index (χ4v) is 3.15. The monoisotopic (exact) mass is 371 g/mol. The largest absolute Gasteiger partial charge is 0.456 e. The van der Waals surface area contributed by atoms with Crippen molar-refractivity contribution in [3.05, 3.63) is 67.9 Å². The first-order valence-corrected chi connectivity index (χ1v) is 8.39. The fourth-order valence-electron chi connectivity index (χ4n) is 2.78. The number of hydrogen-bond donors (Lipinski definition) is 1. The molecule has 0 aliphatic carbocycles. The average molecular weight is 372 g/mol. The third-order valence-electron chi connectivity index (χ3n) is 4.13. The fraction of sp³-hybridized carbons (Fsp3) is 0.211. The van der Waals surface area contributed by atoms with E-state index in [4.69, 9.17) is 4.74 Å². The summed E-state index contributed by atoms with van der Waals surface area (Å²) in [5.41, 5.74) is 3.55. The second-order valence-electron chi connectivity index (χ2n) is 5.55. The maximum atomic E-state index is 12.7. The Balaban J connectivity index is 2.18. The van der Waals surface area contributed by atoms with E-state index in [9.17, 15) is 4.79 Å². The van der Waals surface area contributed by atoms with E-state index in [1.165, 1.54) is 0 Å². The quantitative estimate of drug-likeness (QED) is 0.681. The smallest absolute Gasteiger partial charge is 0.192 e. The number of pyridine rings is 1. The Morgan fingerprint density at radius 2 is 1.78 bits per heavy atom. The molecule has 0 atom stereocenters. The summed E-state index contributed by atoms with van der Waals surface area (Å²) in [7, 11) is 0. The molecule has 2 aromatic carbocycles. The van der Waals surface area contributed by atoms with Gasteiger partial charge in [0.25, 0.3) is 0 Å². The van der Waals surface area contributed by atoms with Crippen LogP contribution in [0.2, 0.25) is 0 Å². The van der Waals surface area contributed by atoms with Crippen LogP contribution in [0.4, 0.5) is 0 Å². The van der Waals surface area contributed by atoms with E-state index < -0.39 is 0 Å². The van der Waals surface area contributed by atoms with Gasteiger partial charge in [0.05, 0.1) is 15.4 Å². The van der Waals surface area contributed by atoms with Gasteiger partial charge in [-0.1, -0.05) is 19.1 Å². The first-order chi connectivity index (χ1) is 11.0. The Hall–Kier alpha value is -2.07. The summed E-state index contributed by atoms with van der Waals surface area (Å²) < 4.78 is 6.88. The molecule has 0 radical (unpaired) electrons. The molecule has 0 unspecified atom stereocenters. The molecule has 3 aromatic rings. The van der Waals surface area contributed by atoms with Crippen molar-refractivity contribution in [3.8, 4) is 11.5 Å². The SMILES string of the molecule is CCc1[nH]c2ccc(Oc3ccccc3Br)c(C)c2c(=O)c1C. The summed E-state index contributed by atoms with van der Waals surface area (Å²) in [4.78, 5) is 16.1. The summed E-state index contributed by atoms with van der Waals surface area (Å²) in [6.45, 7) is 5.84. The molecule has 0 bridgehead atoms. The van der Waals surface area contributed by atoms with Crippen LogP contribution in [0.5, 0.6) is 11.5 Å². The summed E-state index contributed by atoms with van der Waals surface area (Å²) in [6.07, 6.45) is 0.811. The van der Waals surface area contributed by atoms with Gasteiger partial charge >= 0.3 is 0 Å². The van der Waals surface area contributed by atoms with Crippen molar-refractivity contribution in [1.82, 2.24) is 4.98 Å². The highest BCUT2D eigenvalue weighted by molar-refractivity contribution is 9.10. The number of rotatable bonds is 3. The standard InChI is InChI=1S/C19H18BrNO2/c1-4-14-11(2)19(22)18-12(3)16(10-9-15(18)21-14)23-17-8-6-5-7-13(17)20/h5-10H,4H2,1-3H3,(H,21,22). The minimum absolute atomic E-state index is 0.0747. The van der Waals surface area contributed by atoms with Crippen LogP contribution in [-0.4, -0.2) is 4.98 Å². The van der Waals surface area contributed by atoms with E-state index in [2.05, 4.69) is 20.9 Å². The number of aromatic nitrogens is 1. The molecular weight excluding hydrogens is 354 g/mol. The third kappa shape index (κ3) is 2.79. The molecule has 4 heteroatoms. The van der Waals surface area contributed by atoms with Crippen molar-refractivity contribution in [3.63, 3.8) is 0 Å². The lowest BCUT2D eigenvalue weighted by molar-refractivity contribution is 0.477. The molecule has 0 saturated heterocycles. The van der Waals surface area contributed by atoms with E-state index in [-0.39, 0.29) is 5.43 Å². The van der Waals surface area contributed by atoms with Crippen LogP contribution in [0.3, 0.4) is 0 Å². The van der Waals surface area contributed by atoms with Gasteiger partial charge in [0, 0.05) is 16.8 Å². The Bertz CT molecular complexity index is 944. The molecule has 1 aromatic heterocycles. The number of fused-ring (bicyclic) bond motifs is 1. The summed E-state index contributed by atoms with van der Waals surface area (Å²) in [5, 5.41) is 0.698. The van der Waals surface area contributed by atoms with E-state index in [1.807, 2.05) is 57.2 Å². The molecule has 3 rings (SSSR count). The van der Waals surface area contributed by atoms with Crippen molar-refractivity contribution in [2.24, 2.45) is 0 Å². The van der Waals surface area contributed by atoms with E-state index in [1.54, 1.807) is 0 Å². The van der Waals surface area contributed by atoms with E-state index in [0.717, 1.165) is 39.0 Å². The molecular formula is C19H18BrNO2. The molecule has 23 heavy (non-hydrogen) atoms. The number of hydrogen-bond acceptors (Lipinski definition) is 2. The molecule has 3 nitrogen and oxygen atoms in total. The number of para-hydroxylation sites is 1. The summed E-state index contributed by atoms with van der Waals surface area (Å²) >= 11 is 3.48. The number of aryl methyl sites for hydroxylation is 2. The molecule has 0 aliphatic heterocycles. The lowest BCUT2D eigenvalue weighted by atomic mass is 10.0. The zero-order valence-corrected chi connectivity index (χ0v) is 15.0. The number of ether oxygens (including phenoxy) is 1. The highest BCUT2D eigenvalue weighted by Gasteiger charge is 2.13. The predicted octanol–water partition coefficient (Wildman–Crippen LogP) is 5.26. The zero-order chi connectivity index (χ0) is 16.6. The predicted molar refractivity (Wildman–Crippen MR) is 97.6 cm³/mol. The highest BCUT2D eigenvalue weighted by Crippen LogP contribution is 2.33. The van der Waals surface area contributed by atoms with Crippen LogP contribution in [-0.2, 0) is 6.42 Å². The number of aromatic amines is 1. The van der Waals surface area contributed by atoms with Crippen LogP contribution in [0.25, 0.3) is 10.9 Å². The Morgan fingerprint density at radius 1 is 1.04 bits per heavy atom. The molecule has 0 saturated carbocycles. The zero-order valence-electron chi connectivity index (χ0n) is 13.4. The first-order valence-electron chi connectivity index (χ1n) is 7.60. The van der Waals surface area contributed by atoms with Crippen LogP contribution < -0.4 is 10.2 Å². The second-order valence-corrected chi connectivity index (χ2v) is 6.41. The highest BCUT2D eigenvalue weighted by atomic mass is 79.9. The molecule has 0 aliphatic rings. The molecule has 0 fully saturated rings. The van der Waals surface area contributed by atoms with Crippen LogP contribution in [0.15, 0.2) is 45.7 Å². The topological polar surface area (TPSA) is 42.1 Å². The maximum absolute atomic E-state index is 12.7. The molecule has 1 N–H and O–H groups in total. The molecule has 0 amide bonds. The minimum Gasteiger partial charge on any atom is -0.456 e. The van der Waals surface area contributed by atoms with Crippen molar-refractivity contribution in [1.29, 1.82) is 0 Å². The van der Waals surface area contributed by atoms with Gasteiger partial charge in [0.1, 0.15) is 11.5 Å². The van der Waals surface area contributed by atoms with Crippen LogP contribution >= 0.6 is 15.9 Å². The maximum Gasteiger partial charge on any atom is 0.192 e. The van der Waals surface area contributed by atoms with Crippen LogP contribution in [0.1, 0.15) is 23.7 Å². The summed E-state index contributed by atoms with van der Waals surface area (Å²) in [6, 6.07) is 11.5. The van der Waals surface area contributed by atoms with Crippen molar-refractivity contribution in [2.75, 3.05) is 0 Å². The van der Waals surface area contributed by atoms with Gasteiger partial charge in [0.2, 0.25) is 0 Å². The average Bonchev–Trinajstić information content (AvgIpc) is 2.55. The number of benzene rings is 2. The van der Waals surface area contributed by atoms with Crippen LogP contribution in [0, 0.1) is 13.8 Å².